The number of benzene rings is 1. The molecule has 4 nitrogen and oxygen atoms in total. The lowest BCUT2D eigenvalue weighted by Gasteiger charge is -2.20. The molecular formula is C16H22N2O2S. The third-order valence-electron chi connectivity index (χ3n) is 3.63. The molecule has 1 aliphatic carbocycles. The minimum absolute atomic E-state index is 0.0355. The van der Waals surface area contributed by atoms with Crippen LogP contribution in [0.3, 0.4) is 0 Å². The summed E-state index contributed by atoms with van der Waals surface area (Å²) in [6.45, 7) is 2.18. The maximum atomic E-state index is 11.9. The van der Waals surface area contributed by atoms with Gasteiger partial charge in [-0.05, 0) is 30.7 Å². The first-order valence-electron chi connectivity index (χ1n) is 7.45. The lowest BCUT2D eigenvalue weighted by Crippen LogP contribution is -2.44. The molecule has 0 aromatic heterocycles. The topological polar surface area (TPSA) is 58.2 Å². The summed E-state index contributed by atoms with van der Waals surface area (Å²) in [7, 11) is 0. The first kappa shape index (κ1) is 15.9. The molecule has 2 atom stereocenters. The second-order valence-electron chi connectivity index (χ2n) is 5.15. The van der Waals surface area contributed by atoms with E-state index in [0.29, 0.717) is 10.8 Å². The van der Waals surface area contributed by atoms with Gasteiger partial charge < -0.3 is 10.6 Å². The van der Waals surface area contributed by atoms with Crippen LogP contribution in [0.25, 0.3) is 0 Å². The summed E-state index contributed by atoms with van der Waals surface area (Å²) in [6, 6.07) is 9.18. The Balaban J connectivity index is 1.76. The van der Waals surface area contributed by atoms with Crippen LogP contribution in [0.2, 0.25) is 0 Å². The van der Waals surface area contributed by atoms with Crippen molar-refractivity contribution in [3.8, 4) is 0 Å². The second-order valence-corrected chi connectivity index (χ2v) is 6.66. The highest BCUT2D eigenvalue weighted by Crippen LogP contribution is 2.29. The number of thioether (sulfide) groups is 1. The summed E-state index contributed by atoms with van der Waals surface area (Å²) in [4.78, 5) is 23.8. The third kappa shape index (κ3) is 4.77. The number of hydrogen-bond donors (Lipinski definition) is 2. The highest BCUT2D eigenvalue weighted by molar-refractivity contribution is 7.99. The van der Waals surface area contributed by atoms with Crippen molar-refractivity contribution in [2.45, 2.75) is 37.5 Å². The van der Waals surface area contributed by atoms with Crippen LogP contribution in [0, 0.1) is 0 Å². The Morgan fingerprint density at radius 1 is 1.24 bits per heavy atom. The number of nitrogens with one attached hydrogen (secondary N) is 2. The van der Waals surface area contributed by atoms with E-state index in [1.165, 1.54) is 12.8 Å². The summed E-state index contributed by atoms with van der Waals surface area (Å²) < 4.78 is 0. The molecule has 0 spiro atoms. The summed E-state index contributed by atoms with van der Waals surface area (Å²) in [6.07, 6.45) is 3.37. The largest absolute Gasteiger partial charge is 0.351 e. The van der Waals surface area contributed by atoms with Gasteiger partial charge in [0.05, 0.1) is 6.54 Å². The van der Waals surface area contributed by atoms with Crippen molar-refractivity contribution in [3.63, 3.8) is 0 Å². The molecule has 5 heteroatoms. The van der Waals surface area contributed by atoms with Gasteiger partial charge in [0.1, 0.15) is 0 Å². The van der Waals surface area contributed by atoms with Crippen LogP contribution < -0.4 is 10.6 Å². The van der Waals surface area contributed by atoms with Crippen LogP contribution in [-0.4, -0.2) is 35.4 Å². The van der Waals surface area contributed by atoms with Gasteiger partial charge in [-0.15, -0.1) is 0 Å². The van der Waals surface area contributed by atoms with E-state index in [1.54, 1.807) is 24.3 Å². The van der Waals surface area contributed by atoms with Gasteiger partial charge in [-0.3, -0.25) is 9.59 Å². The van der Waals surface area contributed by atoms with Gasteiger partial charge >= 0.3 is 0 Å². The zero-order valence-corrected chi connectivity index (χ0v) is 13.1. The predicted molar refractivity (Wildman–Crippen MR) is 86.5 cm³/mol. The van der Waals surface area contributed by atoms with E-state index in [9.17, 15) is 9.59 Å². The fourth-order valence-corrected chi connectivity index (χ4v) is 3.81. The number of carbonyl (C=O) groups is 2. The number of carbonyl (C=O) groups excluding carboxylic acids is 2. The molecule has 2 unspecified atom stereocenters. The maximum absolute atomic E-state index is 11.9. The Morgan fingerprint density at radius 3 is 2.71 bits per heavy atom. The van der Waals surface area contributed by atoms with Crippen molar-refractivity contribution in [1.82, 2.24) is 10.6 Å². The number of hydrogen-bond acceptors (Lipinski definition) is 3. The van der Waals surface area contributed by atoms with E-state index < -0.39 is 0 Å². The molecule has 1 aromatic carbocycles. The smallest absolute Gasteiger partial charge is 0.251 e. The Kier molecular flexibility index (Phi) is 6.11. The maximum Gasteiger partial charge on any atom is 0.251 e. The normalized spacial score (nSPS) is 21.0. The standard InChI is InChI=1S/C16H22N2O2S/c1-2-21-14-10-6-9-13(14)18-15(19)11-17-16(20)12-7-4-3-5-8-12/h3-5,7-8,13-14H,2,6,9-11H2,1H3,(H,17,20)(H,18,19). The van der Waals surface area contributed by atoms with Gasteiger partial charge in [-0.1, -0.05) is 31.5 Å². The molecule has 0 saturated heterocycles. The van der Waals surface area contributed by atoms with Gasteiger partial charge in [0.25, 0.3) is 5.91 Å². The van der Waals surface area contributed by atoms with Crippen LogP contribution in [0.1, 0.15) is 36.5 Å². The summed E-state index contributed by atoms with van der Waals surface area (Å²) >= 11 is 1.91. The Morgan fingerprint density at radius 2 is 2.00 bits per heavy atom. The zero-order valence-electron chi connectivity index (χ0n) is 12.3. The minimum atomic E-state index is -0.211. The van der Waals surface area contributed by atoms with Gasteiger partial charge in [0.15, 0.2) is 0 Å². The van der Waals surface area contributed by atoms with Crippen LogP contribution in [0.5, 0.6) is 0 Å². The summed E-state index contributed by atoms with van der Waals surface area (Å²) in [5.41, 5.74) is 0.575. The molecular weight excluding hydrogens is 284 g/mol. The van der Waals surface area contributed by atoms with Gasteiger partial charge in [-0.25, -0.2) is 0 Å². The van der Waals surface area contributed by atoms with Gasteiger partial charge in [0, 0.05) is 16.9 Å². The second kappa shape index (κ2) is 8.08. The predicted octanol–water partition coefficient (Wildman–Crippen LogP) is 2.21. The average Bonchev–Trinajstić information content (AvgIpc) is 2.93. The highest BCUT2D eigenvalue weighted by Gasteiger charge is 2.28. The summed E-state index contributed by atoms with van der Waals surface area (Å²) in [5, 5.41) is 6.23. The lowest BCUT2D eigenvalue weighted by molar-refractivity contribution is -0.120. The fourth-order valence-electron chi connectivity index (χ4n) is 2.61. The van der Waals surface area contributed by atoms with Gasteiger partial charge in [-0.2, -0.15) is 11.8 Å². The van der Waals surface area contributed by atoms with E-state index >= 15 is 0 Å². The monoisotopic (exact) mass is 306 g/mol. The van der Waals surface area contributed by atoms with E-state index in [4.69, 9.17) is 0 Å². The van der Waals surface area contributed by atoms with E-state index in [-0.39, 0.29) is 24.4 Å². The molecule has 21 heavy (non-hydrogen) atoms. The minimum Gasteiger partial charge on any atom is -0.351 e. The van der Waals surface area contributed by atoms with Crippen LogP contribution in [-0.2, 0) is 4.79 Å². The fraction of sp³-hybridized carbons (Fsp3) is 0.500. The Hall–Kier alpha value is -1.49. The van der Waals surface area contributed by atoms with E-state index in [1.807, 2.05) is 17.8 Å². The van der Waals surface area contributed by atoms with E-state index in [0.717, 1.165) is 12.2 Å². The highest BCUT2D eigenvalue weighted by atomic mass is 32.2. The average molecular weight is 306 g/mol. The molecule has 0 aliphatic heterocycles. The number of amides is 2. The van der Waals surface area contributed by atoms with Crippen molar-refractivity contribution < 1.29 is 9.59 Å². The first-order valence-corrected chi connectivity index (χ1v) is 8.49. The van der Waals surface area contributed by atoms with Crippen molar-refractivity contribution in [1.29, 1.82) is 0 Å². The quantitative estimate of drug-likeness (QED) is 0.847. The number of rotatable bonds is 6. The molecule has 0 bridgehead atoms. The van der Waals surface area contributed by atoms with Crippen molar-refractivity contribution >= 4 is 23.6 Å². The Bertz CT molecular complexity index is 478. The molecule has 1 aromatic rings. The molecule has 1 saturated carbocycles. The van der Waals surface area contributed by atoms with E-state index in [2.05, 4.69) is 17.6 Å². The van der Waals surface area contributed by atoms with Crippen molar-refractivity contribution in [2.75, 3.05) is 12.3 Å². The van der Waals surface area contributed by atoms with Crippen LogP contribution >= 0.6 is 11.8 Å². The van der Waals surface area contributed by atoms with Crippen molar-refractivity contribution in [2.24, 2.45) is 0 Å². The Labute approximate surface area is 130 Å². The zero-order chi connectivity index (χ0) is 15.1. The van der Waals surface area contributed by atoms with Crippen molar-refractivity contribution in [3.05, 3.63) is 35.9 Å². The molecule has 2 amide bonds. The molecule has 2 rings (SSSR count). The van der Waals surface area contributed by atoms with Crippen LogP contribution in [0.4, 0.5) is 0 Å². The molecule has 2 N–H and O–H groups in total. The lowest BCUT2D eigenvalue weighted by atomic mass is 10.2. The molecule has 0 heterocycles. The molecule has 114 valence electrons. The van der Waals surface area contributed by atoms with Crippen LogP contribution in [0.15, 0.2) is 30.3 Å². The van der Waals surface area contributed by atoms with Gasteiger partial charge in [0.2, 0.25) is 5.91 Å². The third-order valence-corrected chi connectivity index (χ3v) is 4.95. The summed E-state index contributed by atoms with van der Waals surface area (Å²) in [5.74, 6) is 0.756. The SMILES string of the molecule is CCSC1CCCC1NC(=O)CNC(=O)c1ccccc1. The molecule has 1 fully saturated rings. The molecule has 1 aliphatic rings. The first-order chi connectivity index (χ1) is 10.2. The molecule has 0 radical (unpaired) electrons.